The minimum atomic E-state index is 1.07. The van der Waals surface area contributed by atoms with Crippen LogP contribution in [0, 0.1) is 0 Å². The lowest BCUT2D eigenvalue weighted by atomic mass is 9.85. The fourth-order valence-corrected chi connectivity index (χ4v) is 11.1. The van der Waals surface area contributed by atoms with E-state index in [1.807, 2.05) is 0 Å². The Morgan fingerprint density at radius 1 is 0.169 bits per heavy atom. The van der Waals surface area contributed by atoms with Gasteiger partial charge in [-0.2, -0.15) is 0 Å². The maximum atomic E-state index is 2.42. The van der Waals surface area contributed by atoms with Gasteiger partial charge in [0, 0.05) is 17.1 Å². The number of anilines is 3. The number of benzene rings is 13. The van der Waals surface area contributed by atoms with Crippen LogP contribution in [-0.4, -0.2) is 0 Å². The lowest BCUT2D eigenvalue weighted by molar-refractivity contribution is 1.28. The summed E-state index contributed by atoms with van der Waals surface area (Å²) >= 11 is 0. The zero-order valence-corrected chi connectivity index (χ0v) is 39.1. The number of rotatable bonds is 9. The van der Waals surface area contributed by atoms with E-state index in [0.717, 1.165) is 17.1 Å². The molecule has 13 aromatic carbocycles. The van der Waals surface area contributed by atoms with Gasteiger partial charge in [-0.1, -0.05) is 249 Å². The molecule has 0 amide bonds. The van der Waals surface area contributed by atoms with Crippen LogP contribution in [0.4, 0.5) is 17.1 Å². The fraction of sp³-hybridized carbons (Fsp3) is 0. The molecular formula is C70H47N. The molecule has 0 aliphatic carbocycles. The molecule has 332 valence electrons. The minimum absolute atomic E-state index is 1.07. The largest absolute Gasteiger partial charge is 0.310 e. The van der Waals surface area contributed by atoms with Crippen molar-refractivity contribution in [1.82, 2.24) is 0 Å². The number of hydrogen-bond acceptors (Lipinski definition) is 1. The van der Waals surface area contributed by atoms with Gasteiger partial charge in [-0.05, 0) is 146 Å². The predicted molar refractivity (Wildman–Crippen MR) is 304 cm³/mol. The zero-order chi connectivity index (χ0) is 47.1. The predicted octanol–water partition coefficient (Wildman–Crippen LogP) is 19.8. The van der Waals surface area contributed by atoms with Crippen molar-refractivity contribution in [1.29, 1.82) is 0 Å². The van der Waals surface area contributed by atoms with Crippen LogP contribution in [0.5, 0.6) is 0 Å². The Morgan fingerprint density at radius 2 is 0.423 bits per heavy atom. The molecule has 0 fully saturated rings. The van der Waals surface area contributed by atoms with Crippen LogP contribution in [-0.2, 0) is 0 Å². The lowest BCUT2D eigenvalue weighted by Crippen LogP contribution is -2.10. The molecule has 0 atom stereocenters. The van der Waals surface area contributed by atoms with E-state index in [2.05, 4.69) is 290 Å². The van der Waals surface area contributed by atoms with Gasteiger partial charge >= 0.3 is 0 Å². The molecule has 0 aliphatic rings. The van der Waals surface area contributed by atoms with Crippen molar-refractivity contribution in [3.05, 3.63) is 285 Å². The maximum absolute atomic E-state index is 2.42. The van der Waals surface area contributed by atoms with Gasteiger partial charge in [0.15, 0.2) is 0 Å². The first kappa shape index (κ1) is 41.9. The molecule has 0 radical (unpaired) electrons. The second-order valence-electron chi connectivity index (χ2n) is 18.3. The summed E-state index contributed by atoms with van der Waals surface area (Å²) < 4.78 is 0. The van der Waals surface area contributed by atoms with Gasteiger partial charge in [-0.25, -0.2) is 0 Å². The first-order valence-corrected chi connectivity index (χ1v) is 24.5. The first-order chi connectivity index (χ1) is 35.3. The van der Waals surface area contributed by atoms with E-state index in [0.29, 0.717) is 0 Å². The van der Waals surface area contributed by atoms with Crippen molar-refractivity contribution in [2.24, 2.45) is 0 Å². The van der Waals surface area contributed by atoms with Crippen molar-refractivity contribution in [2.75, 3.05) is 4.90 Å². The molecule has 1 heteroatoms. The molecule has 0 bridgehead atoms. The van der Waals surface area contributed by atoms with E-state index in [9.17, 15) is 0 Å². The Hall–Kier alpha value is -9.30. The van der Waals surface area contributed by atoms with Crippen molar-refractivity contribution in [3.8, 4) is 66.8 Å². The maximum Gasteiger partial charge on any atom is 0.0468 e. The summed E-state index contributed by atoms with van der Waals surface area (Å²) in [5.41, 5.74) is 17.7. The second-order valence-corrected chi connectivity index (χ2v) is 18.3. The smallest absolute Gasteiger partial charge is 0.0468 e. The van der Waals surface area contributed by atoms with E-state index in [1.54, 1.807) is 0 Å². The van der Waals surface area contributed by atoms with Crippen molar-refractivity contribution < 1.29 is 0 Å². The normalized spacial score (nSPS) is 11.4. The van der Waals surface area contributed by atoms with Gasteiger partial charge in [0.05, 0.1) is 0 Å². The highest BCUT2D eigenvalue weighted by Crippen LogP contribution is 2.48. The van der Waals surface area contributed by atoms with Crippen molar-refractivity contribution in [2.45, 2.75) is 0 Å². The third-order valence-corrected chi connectivity index (χ3v) is 14.3. The summed E-state index contributed by atoms with van der Waals surface area (Å²) in [4.78, 5) is 2.42. The van der Waals surface area contributed by atoms with Crippen molar-refractivity contribution in [3.63, 3.8) is 0 Å². The molecule has 13 aromatic rings. The van der Waals surface area contributed by atoms with Gasteiger partial charge in [0.25, 0.3) is 0 Å². The lowest BCUT2D eigenvalue weighted by Gasteiger charge is -2.28. The number of nitrogens with zero attached hydrogens (tertiary/aromatic N) is 1. The highest BCUT2D eigenvalue weighted by Gasteiger charge is 2.22. The van der Waals surface area contributed by atoms with Crippen LogP contribution in [0.1, 0.15) is 0 Å². The van der Waals surface area contributed by atoms with Crippen LogP contribution in [0.2, 0.25) is 0 Å². The molecule has 71 heavy (non-hydrogen) atoms. The molecule has 0 aromatic heterocycles. The van der Waals surface area contributed by atoms with E-state index in [-0.39, 0.29) is 0 Å². The van der Waals surface area contributed by atoms with Crippen LogP contribution < -0.4 is 4.90 Å². The van der Waals surface area contributed by atoms with E-state index in [1.165, 1.54) is 110 Å². The summed E-state index contributed by atoms with van der Waals surface area (Å²) in [6.45, 7) is 0. The Balaban J connectivity index is 1.02. The van der Waals surface area contributed by atoms with E-state index in [4.69, 9.17) is 0 Å². The fourth-order valence-electron chi connectivity index (χ4n) is 11.1. The Morgan fingerprint density at radius 3 is 0.761 bits per heavy atom. The summed E-state index contributed by atoms with van der Waals surface area (Å²) in [7, 11) is 0. The van der Waals surface area contributed by atoms with Crippen molar-refractivity contribution >= 4 is 60.2 Å². The molecule has 0 unspecified atom stereocenters. The summed E-state index contributed by atoms with van der Waals surface area (Å²) in [6, 6.07) is 104. The number of hydrogen-bond donors (Lipinski definition) is 0. The second kappa shape index (κ2) is 18.0. The molecule has 0 N–H and O–H groups in total. The van der Waals surface area contributed by atoms with Gasteiger partial charge in [-0.15, -0.1) is 0 Å². The van der Waals surface area contributed by atoms with Crippen LogP contribution in [0.15, 0.2) is 285 Å². The van der Waals surface area contributed by atoms with Gasteiger partial charge < -0.3 is 4.90 Å². The Kier molecular flexibility index (Phi) is 10.6. The topological polar surface area (TPSA) is 3.24 Å². The summed E-state index contributed by atoms with van der Waals surface area (Å²) in [5.74, 6) is 0. The molecule has 0 saturated heterocycles. The third-order valence-electron chi connectivity index (χ3n) is 14.3. The van der Waals surface area contributed by atoms with E-state index >= 15 is 0 Å². The first-order valence-electron chi connectivity index (χ1n) is 24.5. The molecule has 0 heterocycles. The molecule has 0 aliphatic heterocycles. The summed E-state index contributed by atoms with van der Waals surface area (Å²) in [6.07, 6.45) is 0. The van der Waals surface area contributed by atoms with E-state index < -0.39 is 0 Å². The third kappa shape index (κ3) is 7.44. The van der Waals surface area contributed by atoms with Gasteiger partial charge in [0.1, 0.15) is 0 Å². The molecule has 1 nitrogen and oxygen atoms in total. The Bertz CT molecular complexity index is 3840. The van der Waals surface area contributed by atoms with Crippen LogP contribution >= 0.6 is 0 Å². The van der Waals surface area contributed by atoms with Gasteiger partial charge in [0.2, 0.25) is 0 Å². The minimum Gasteiger partial charge on any atom is -0.310 e. The Labute approximate surface area is 414 Å². The monoisotopic (exact) mass is 901 g/mol. The zero-order valence-electron chi connectivity index (χ0n) is 39.1. The quantitative estimate of drug-likeness (QED) is 0.131. The molecular weight excluding hydrogens is 855 g/mol. The van der Waals surface area contributed by atoms with Crippen LogP contribution in [0.3, 0.4) is 0 Å². The average molecular weight is 902 g/mol. The van der Waals surface area contributed by atoms with Gasteiger partial charge in [-0.3, -0.25) is 0 Å². The molecule has 0 saturated carbocycles. The summed E-state index contributed by atoms with van der Waals surface area (Å²) in [5, 5.41) is 10.0. The highest BCUT2D eigenvalue weighted by molar-refractivity contribution is 6.23. The highest BCUT2D eigenvalue weighted by atomic mass is 15.1. The molecule has 0 spiro atoms. The standard InChI is InChI=1S/C70H47N/c1-5-21-48(22-6-1)57-46-45-56(47-66(57)49-23-7-2-8-24-49)71(54-41-37-52(38-42-54)69-64-35-19-15-31-60(64)58-29-13-17-33-62(58)67(69)50-25-9-3-10-26-50)55-43-39-53(40-44-55)70-65-36-20-16-32-61(65)59-30-14-18-34-63(59)68(70)51-27-11-4-12-28-51/h1-47H. The average Bonchev–Trinajstić information content (AvgIpc) is 3.46. The molecule has 13 rings (SSSR count). The number of fused-ring (bicyclic) bond motifs is 6. The SMILES string of the molecule is c1ccc(-c2ccc(N(c3ccc(-c4c(-c5ccccc5)c5ccccc5c5ccccc45)cc3)c3ccc(-c4c(-c5ccccc5)c5ccccc5c5ccccc45)cc3)cc2-c2ccccc2)cc1. The van der Waals surface area contributed by atoms with Crippen LogP contribution in [0.25, 0.3) is 110 Å².